The molecule has 0 radical (unpaired) electrons. The molecule has 1 aromatic rings. The highest BCUT2D eigenvalue weighted by molar-refractivity contribution is 5.79. The second-order valence-electron chi connectivity index (χ2n) is 3.71. The van der Waals surface area contributed by atoms with E-state index in [1.165, 1.54) is 7.05 Å². The number of nitrogens with one attached hydrogen (secondary N) is 1. The molecule has 0 spiro atoms. The first-order valence-electron chi connectivity index (χ1n) is 5.11. The van der Waals surface area contributed by atoms with E-state index in [9.17, 15) is 9.59 Å². The van der Waals surface area contributed by atoms with E-state index in [2.05, 4.69) is 10.3 Å². The molecule has 0 saturated carbocycles. The van der Waals surface area contributed by atoms with E-state index in [1.54, 1.807) is 12.4 Å². The Hall–Kier alpha value is -2.11. The third kappa shape index (κ3) is 4.10. The van der Waals surface area contributed by atoms with Crippen LogP contribution < -0.4 is 5.32 Å². The first-order valence-corrected chi connectivity index (χ1v) is 5.11. The average Bonchev–Trinajstić information content (AvgIpc) is 2.26. The number of amides is 2. The zero-order chi connectivity index (χ0) is 12.8. The Balaban J connectivity index is 2.48. The van der Waals surface area contributed by atoms with Gasteiger partial charge in [0.05, 0.1) is 0 Å². The van der Waals surface area contributed by atoms with Crippen molar-refractivity contribution in [3.05, 3.63) is 29.6 Å². The lowest BCUT2D eigenvalue weighted by atomic mass is 10.2. The van der Waals surface area contributed by atoms with Crippen molar-refractivity contribution >= 4 is 12.0 Å². The summed E-state index contributed by atoms with van der Waals surface area (Å²) < 4.78 is 0. The van der Waals surface area contributed by atoms with Gasteiger partial charge in [-0.2, -0.15) is 0 Å². The molecule has 92 valence electrons. The van der Waals surface area contributed by atoms with Crippen molar-refractivity contribution in [1.82, 2.24) is 15.2 Å². The Kier molecular flexibility index (Phi) is 4.45. The van der Waals surface area contributed by atoms with Gasteiger partial charge in [-0.1, -0.05) is 0 Å². The maximum absolute atomic E-state index is 11.5. The average molecular weight is 237 g/mol. The molecule has 1 rings (SSSR count). The molecule has 0 aromatic carbocycles. The lowest BCUT2D eigenvalue weighted by Crippen LogP contribution is -2.39. The molecule has 0 saturated heterocycles. The lowest BCUT2D eigenvalue weighted by molar-refractivity contribution is -0.137. The molecule has 2 N–H and O–H groups in total. The van der Waals surface area contributed by atoms with Gasteiger partial charge in [-0.05, 0) is 24.1 Å². The number of aromatic nitrogens is 1. The minimum Gasteiger partial charge on any atom is -0.480 e. The van der Waals surface area contributed by atoms with Gasteiger partial charge in [-0.15, -0.1) is 0 Å². The van der Waals surface area contributed by atoms with Crippen molar-refractivity contribution in [2.45, 2.75) is 13.5 Å². The number of carbonyl (C=O) groups is 2. The van der Waals surface area contributed by atoms with Gasteiger partial charge < -0.3 is 15.3 Å². The number of aryl methyl sites for hydroxylation is 1. The molecule has 6 nitrogen and oxygen atoms in total. The van der Waals surface area contributed by atoms with Gasteiger partial charge in [0, 0.05) is 26.0 Å². The van der Waals surface area contributed by atoms with Gasteiger partial charge in [0.1, 0.15) is 6.54 Å². The number of urea groups is 1. The van der Waals surface area contributed by atoms with Gasteiger partial charge in [0.25, 0.3) is 0 Å². The number of carboxylic acids is 1. The molecule has 17 heavy (non-hydrogen) atoms. The molecule has 0 atom stereocenters. The van der Waals surface area contributed by atoms with E-state index in [0.717, 1.165) is 16.0 Å². The van der Waals surface area contributed by atoms with E-state index in [-0.39, 0.29) is 6.54 Å². The highest BCUT2D eigenvalue weighted by atomic mass is 16.4. The van der Waals surface area contributed by atoms with Crippen molar-refractivity contribution in [2.75, 3.05) is 13.6 Å². The second kappa shape index (κ2) is 5.83. The van der Waals surface area contributed by atoms with E-state index >= 15 is 0 Å². The van der Waals surface area contributed by atoms with Crippen LogP contribution in [0.15, 0.2) is 18.5 Å². The fourth-order valence-corrected chi connectivity index (χ4v) is 1.26. The van der Waals surface area contributed by atoms with Gasteiger partial charge >= 0.3 is 12.0 Å². The summed E-state index contributed by atoms with van der Waals surface area (Å²) in [6, 6.07) is 1.43. The van der Waals surface area contributed by atoms with Crippen LogP contribution in [0.4, 0.5) is 4.79 Å². The zero-order valence-electron chi connectivity index (χ0n) is 9.80. The molecule has 0 aliphatic carbocycles. The Labute approximate surface area is 99.3 Å². The largest absolute Gasteiger partial charge is 0.480 e. The Morgan fingerprint density at radius 3 is 2.82 bits per heavy atom. The number of hydrogen-bond acceptors (Lipinski definition) is 3. The number of carbonyl (C=O) groups excluding carboxylic acids is 1. The number of pyridine rings is 1. The number of carboxylic acid groups (broad SMARTS) is 1. The third-order valence-corrected chi connectivity index (χ3v) is 2.30. The van der Waals surface area contributed by atoms with Crippen molar-refractivity contribution in [3.8, 4) is 0 Å². The van der Waals surface area contributed by atoms with Crippen LogP contribution in [-0.2, 0) is 11.3 Å². The van der Waals surface area contributed by atoms with E-state index in [1.807, 2.05) is 13.0 Å². The number of aliphatic carboxylic acids is 1. The molecule has 1 aromatic heterocycles. The van der Waals surface area contributed by atoms with Gasteiger partial charge in [-0.3, -0.25) is 9.78 Å². The van der Waals surface area contributed by atoms with Crippen LogP contribution >= 0.6 is 0 Å². The molecule has 0 fully saturated rings. The molecule has 6 heteroatoms. The Morgan fingerprint density at radius 2 is 2.24 bits per heavy atom. The van der Waals surface area contributed by atoms with Gasteiger partial charge in [-0.25, -0.2) is 4.79 Å². The first kappa shape index (κ1) is 13.0. The molecule has 1 heterocycles. The summed E-state index contributed by atoms with van der Waals surface area (Å²) in [7, 11) is 1.43. The summed E-state index contributed by atoms with van der Waals surface area (Å²) >= 11 is 0. The molecular weight excluding hydrogens is 222 g/mol. The van der Waals surface area contributed by atoms with Gasteiger partial charge in [0.2, 0.25) is 0 Å². The minimum absolute atomic E-state index is 0.322. The van der Waals surface area contributed by atoms with E-state index in [0.29, 0.717) is 6.54 Å². The highest BCUT2D eigenvalue weighted by Crippen LogP contribution is 2.04. The van der Waals surface area contributed by atoms with Crippen molar-refractivity contribution in [3.63, 3.8) is 0 Å². The monoisotopic (exact) mass is 237 g/mol. The second-order valence-corrected chi connectivity index (χ2v) is 3.71. The Morgan fingerprint density at radius 1 is 1.53 bits per heavy atom. The Bertz CT molecular complexity index is 420. The smallest absolute Gasteiger partial charge is 0.323 e. The van der Waals surface area contributed by atoms with Crippen molar-refractivity contribution < 1.29 is 14.7 Å². The van der Waals surface area contributed by atoms with Crippen LogP contribution in [-0.4, -0.2) is 40.6 Å². The van der Waals surface area contributed by atoms with Crippen LogP contribution in [0.25, 0.3) is 0 Å². The number of hydrogen-bond donors (Lipinski definition) is 2. The van der Waals surface area contributed by atoms with Crippen LogP contribution in [0.1, 0.15) is 11.1 Å². The van der Waals surface area contributed by atoms with Crippen LogP contribution in [0.3, 0.4) is 0 Å². The first-order chi connectivity index (χ1) is 8.00. The quantitative estimate of drug-likeness (QED) is 0.804. The molecule has 0 bridgehead atoms. The summed E-state index contributed by atoms with van der Waals surface area (Å²) in [6.07, 6.45) is 3.35. The molecule has 2 amide bonds. The van der Waals surface area contributed by atoms with Crippen molar-refractivity contribution in [1.29, 1.82) is 0 Å². The predicted molar refractivity (Wildman–Crippen MR) is 61.5 cm³/mol. The minimum atomic E-state index is -1.04. The molecular formula is C11H15N3O3. The fraction of sp³-hybridized carbons (Fsp3) is 0.364. The number of likely N-dealkylation sites (N-methyl/N-ethyl adjacent to an activating group) is 1. The van der Waals surface area contributed by atoms with Crippen LogP contribution in [0.2, 0.25) is 0 Å². The number of rotatable bonds is 4. The normalized spacial score (nSPS) is 9.76. The predicted octanol–water partition coefficient (Wildman–Crippen LogP) is 0.616. The summed E-state index contributed by atoms with van der Waals surface area (Å²) in [5, 5.41) is 11.2. The molecule has 0 unspecified atom stereocenters. The SMILES string of the molecule is Cc1ccncc1CNC(=O)N(C)CC(=O)O. The summed E-state index contributed by atoms with van der Waals surface area (Å²) in [4.78, 5) is 27.0. The third-order valence-electron chi connectivity index (χ3n) is 2.30. The number of nitrogens with zero attached hydrogens (tertiary/aromatic N) is 2. The summed E-state index contributed by atoms with van der Waals surface area (Å²) in [5.74, 6) is -1.04. The van der Waals surface area contributed by atoms with Crippen molar-refractivity contribution in [2.24, 2.45) is 0 Å². The van der Waals surface area contributed by atoms with Crippen LogP contribution in [0.5, 0.6) is 0 Å². The zero-order valence-corrected chi connectivity index (χ0v) is 9.80. The molecule has 0 aliphatic heterocycles. The fourth-order valence-electron chi connectivity index (χ4n) is 1.26. The maximum atomic E-state index is 11.5. The van der Waals surface area contributed by atoms with E-state index < -0.39 is 12.0 Å². The highest BCUT2D eigenvalue weighted by Gasteiger charge is 2.11. The summed E-state index contributed by atoms with van der Waals surface area (Å²) in [6.45, 7) is 1.93. The standard InChI is InChI=1S/C11H15N3O3/c1-8-3-4-12-5-9(8)6-13-11(17)14(2)7-10(15)16/h3-5H,6-7H2,1-2H3,(H,13,17)(H,15,16). The molecule has 0 aliphatic rings. The van der Waals surface area contributed by atoms with Crippen LogP contribution in [0, 0.1) is 6.92 Å². The maximum Gasteiger partial charge on any atom is 0.323 e. The lowest BCUT2D eigenvalue weighted by Gasteiger charge is -2.15. The summed E-state index contributed by atoms with van der Waals surface area (Å²) in [5.41, 5.74) is 1.94. The van der Waals surface area contributed by atoms with E-state index in [4.69, 9.17) is 5.11 Å². The van der Waals surface area contributed by atoms with Gasteiger partial charge in [0.15, 0.2) is 0 Å². The topological polar surface area (TPSA) is 82.5 Å².